The van der Waals surface area contributed by atoms with Gasteiger partial charge in [0.15, 0.2) is 0 Å². The number of carboxylic acids is 1. The highest BCUT2D eigenvalue weighted by Gasteiger charge is 2.22. The second-order valence-corrected chi connectivity index (χ2v) is 4.52. The summed E-state index contributed by atoms with van der Waals surface area (Å²) < 4.78 is 0. The van der Waals surface area contributed by atoms with E-state index in [1.54, 1.807) is 6.92 Å². The Kier molecular flexibility index (Phi) is 5.19. The van der Waals surface area contributed by atoms with Crippen LogP contribution >= 0.6 is 34.8 Å². The van der Waals surface area contributed by atoms with Crippen LogP contribution in [0.3, 0.4) is 0 Å². The number of hydrogen-bond acceptors (Lipinski definition) is 3. The molecule has 0 radical (unpaired) electrons. The van der Waals surface area contributed by atoms with Gasteiger partial charge in [0.2, 0.25) is 0 Å². The Labute approximate surface area is 118 Å². The minimum absolute atomic E-state index is 0.00172. The minimum atomic E-state index is -1.14. The molecule has 8 heteroatoms. The molecule has 0 aliphatic carbocycles. The van der Waals surface area contributed by atoms with Gasteiger partial charge in [-0.3, -0.25) is 4.79 Å². The molecule has 0 spiro atoms. The SMILES string of the molecule is CC[C@@H](NC(=O)c1ncc(Cl)c(Cl)c1Cl)C(=O)O. The molecule has 1 amide bonds. The first-order valence-corrected chi connectivity index (χ1v) is 6.05. The number of carboxylic acid groups (broad SMARTS) is 1. The number of halogens is 3. The van der Waals surface area contributed by atoms with Gasteiger partial charge < -0.3 is 10.4 Å². The van der Waals surface area contributed by atoms with Crippen LogP contribution in [0.5, 0.6) is 0 Å². The van der Waals surface area contributed by atoms with Crippen LogP contribution < -0.4 is 5.32 Å². The van der Waals surface area contributed by atoms with E-state index in [-0.39, 0.29) is 27.2 Å². The Morgan fingerprint density at radius 3 is 2.50 bits per heavy atom. The molecule has 0 saturated heterocycles. The zero-order valence-corrected chi connectivity index (χ0v) is 11.5. The van der Waals surface area contributed by atoms with Gasteiger partial charge in [0.05, 0.1) is 15.1 Å². The summed E-state index contributed by atoms with van der Waals surface area (Å²) in [5.74, 6) is -1.85. The molecule has 2 N–H and O–H groups in total. The van der Waals surface area contributed by atoms with Gasteiger partial charge in [-0.2, -0.15) is 0 Å². The molecule has 1 heterocycles. The number of carbonyl (C=O) groups is 2. The van der Waals surface area contributed by atoms with E-state index in [2.05, 4.69) is 10.3 Å². The summed E-state index contributed by atoms with van der Waals surface area (Å²) in [4.78, 5) is 26.3. The lowest BCUT2D eigenvalue weighted by Gasteiger charge is -2.12. The fourth-order valence-corrected chi connectivity index (χ4v) is 1.73. The Morgan fingerprint density at radius 1 is 1.39 bits per heavy atom. The summed E-state index contributed by atoms with van der Waals surface area (Å²) in [6.45, 7) is 1.63. The summed E-state index contributed by atoms with van der Waals surface area (Å²) >= 11 is 17.2. The maximum atomic E-state index is 11.8. The highest BCUT2D eigenvalue weighted by Crippen LogP contribution is 2.30. The van der Waals surface area contributed by atoms with Crippen molar-refractivity contribution >= 4 is 46.7 Å². The Bertz CT molecular complexity index is 494. The monoisotopic (exact) mass is 310 g/mol. The van der Waals surface area contributed by atoms with Crippen molar-refractivity contribution in [2.24, 2.45) is 0 Å². The van der Waals surface area contributed by atoms with Crippen molar-refractivity contribution < 1.29 is 14.7 Å². The maximum Gasteiger partial charge on any atom is 0.326 e. The molecule has 5 nitrogen and oxygen atoms in total. The van der Waals surface area contributed by atoms with Crippen molar-refractivity contribution in [3.63, 3.8) is 0 Å². The van der Waals surface area contributed by atoms with Crippen molar-refractivity contribution in [3.8, 4) is 0 Å². The van der Waals surface area contributed by atoms with Crippen molar-refractivity contribution in [2.75, 3.05) is 0 Å². The van der Waals surface area contributed by atoms with Crippen LogP contribution in [-0.2, 0) is 4.79 Å². The lowest BCUT2D eigenvalue weighted by Crippen LogP contribution is -2.40. The number of carbonyl (C=O) groups excluding carboxylic acids is 1. The third kappa shape index (κ3) is 3.25. The fraction of sp³-hybridized carbons (Fsp3) is 0.300. The number of nitrogens with one attached hydrogen (secondary N) is 1. The first-order chi connectivity index (χ1) is 8.38. The molecule has 0 aliphatic heterocycles. The normalized spacial score (nSPS) is 12.0. The van der Waals surface area contributed by atoms with E-state index in [9.17, 15) is 9.59 Å². The smallest absolute Gasteiger partial charge is 0.326 e. The van der Waals surface area contributed by atoms with Gasteiger partial charge >= 0.3 is 5.97 Å². The van der Waals surface area contributed by atoms with Crippen molar-refractivity contribution in [1.82, 2.24) is 10.3 Å². The largest absolute Gasteiger partial charge is 0.480 e. The molecule has 0 unspecified atom stereocenters. The molecule has 0 aromatic carbocycles. The molecule has 0 bridgehead atoms. The second-order valence-electron chi connectivity index (χ2n) is 3.36. The average Bonchev–Trinajstić information content (AvgIpc) is 2.32. The van der Waals surface area contributed by atoms with Gasteiger partial charge in [-0.05, 0) is 6.42 Å². The Balaban J connectivity index is 2.98. The van der Waals surface area contributed by atoms with Gasteiger partial charge in [-0.25, -0.2) is 9.78 Å². The summed E-state index contributed by atoms with van der Waals surface area (Å²) in [5.41, 5.74) is -0.161. The number of nitrogens with zero attached hydrogens (tertiary/aromatic N) is 1. The molecule has 1 atom stereocenters. The predicted molar refractivity (Wildman–Crippen MR) is 68.4 cm³/mol. The minimum Gasteiger partial charge on any atom is -0.480 e. The van der Waals surface area contributed by atoms with Gasteiger partial charge in [-0.1, -0.05) is 41.7 Å². The van der Waals surface area contributed by atoms with E-state index in [1.165, 1.54) is 6.20 Å². The van der Waals surface area contributed by atoms with Crippen molar-refractivity contribution in [1.29, 1.82) is 0 Å². The lowest BCUT2D eigenvalue weighted by atomic mass is 10.2. The molecule has 0 fully saturated rings. The first kappa shape index (κ1) is 15.0. The number of pyridine rings is 1. The summed E-state index contributed by atoms with van der Waals surface area (Å²) in [6.07, 6.45) is 1.41. The summed E-state index contributed by atoms with van der Waals surface area (Å²) in [5, 5.41) is 11.1. The van der Waals surface area contributed by atoms with Crippen molar-refractivity contribution in [3.05, 3.63) is 27.0 Å². The van der Waals surface area contributed by atoms with E-state index < -0.39 is 17.9 Å². The molecule has 18 heavy (non-hydrogen) atoms. The number of hydrogen-bond donors (Lipinski definition) is 2. The number of aromatic nitrogens is 1. The average molecular weight is 312 g/mol. The van der Waals surface area contributed by atoms with E-state index in [4.69, 9.17) is 39.9 Å². The van der Waals surface area contributed by atoms with Crippen LogP contribution in [0.25, 0.3) is 0 Å². The van der Waals surface area contributed by atoms with Crippen molar-refractivity contribution in [2.45, 2.75) is 19.4 Å². The Morgan fingerprint density at radius 2 is 2.00 bits per heavy atom. The quantitative estimate of drug-likeness (QED) is 0.896. The first-order valence-electron chi connectivity index (χ1n) is 4.91. The molecule has 0 saturated carbocycles. The third-order valence-electron chi connectivity index (χ3n) is 2.14. The van der Waals surface area contributed by atoms with Gasteiger partial charge in [0.25, 0.3) is 5.91 Å². The van der Waals surface area contributed by atoms with E-state index >= 15 is 0 Å². The Hall–Kier alpha value is -1.04. The van der Waals surface area contributed by atoms with Crippen LogP contribution in [0.2, 0.25) is 15.1 Å². The van der Waals surface area contributed by atoms with E-state index in [1.807, 2.05) is 0 Å². The van der Waals surface area contributed by atoms with Gasteiger partial charge in [0.1, 0.15) is 11.7 Å². The van der Waals surface area contributed by atoms with E-state index in [0.717, 1.165) is 0 Å². The maximum absolute atomic E-state index is 11.8. The molecule has 98 valence electrons. The topological polar surface area (TPSA) is 79.3 Å². The standard InChI is InChI=1S/C10H9Cl3N2O3/c1-2-5(10(17)18)15-9(16)8-7(13)6(12)4(11)3-14-8/h3,5H,2H2,1H3,(H,15,16)(H,17,18)/t5-/m1/s1. The molecule has 1 aromatic rings. The number of aliphatic carboxylic acids is 1. The fourth-order valence-electron chi connectivity index (χ4n) is 1.17. The van der Waals surface area contributed by atoms with Crippen LogP contribution in [0, 0.1) is 0 Å². The molecule has 1 aromatic heterocycles. The molecular formula is C10H9Cl3N2O3. The molecule has 1 rings (SSSR count). The predicted octanol–water partition coefficient (Wildman–Crippen LogP) is 2.63. The zero-order valence-electron chi connectivity index (χ0n) is 9.21. The molecular weight excluding hydrogens is 302 g/mol. The number of rotatable bonds is 4. The molecule has 0 aliphatic rings. The van der Waals surface area contributed by atoms with Crippen LogP contribution in [-0.4, -0.2) is 28.0 Å². The summed E-state index contributed by atoms with van der Waals surface area (Å²) in [6, 6.07) is -1.01. The van der Waals surface area contributed by atoms with Crippen LogP contribution in [0.1, 0.15) is 23.8 Å². The van der Waals surface area contributed by atoms with Gasteiger partial charge in [0, 0.05) is 6.20 Å². The zero-order chi connectivity index (χ0) is 13.9. The highest BCUT2D eigenvalue weighted by atomic mass is 35.5. The lowest BCUT2D eigenvalue weighted by molar-refractivity contribution is -0.139. The van der Waals surface area contributed by atoms with Crippen LogP contribution in [0.15, 0.2) is 6.20 Å². The van der Waals surface area contributed by atoms with Crippen LogP contribution in [0.4, 0.5) is 0 Å². The third-order valence-corrected chi connectivity index (χ3v) is 3.38. The number of amides is 1. The second kappa shape index (κ2) is 6.22. The summed E-state index contributed by atoms with van der Waals surface area (Å²) in [7, 11) is 0. The van der Waals surface area contributed by atoms with E-state index in [0.29, 0.717) is 0 Å². The van der Waals surface area contributed by atoms with Gasteiger partial charge in [-0.15, -0.1) is 0 Å². The highest BCUT2D eigenvalue weighted by molar-refractivity contribution is 6.48.